The molecule has 0 saturated heterocycles. The molecule has 0 aromatic heterocycles. The second-order valence-corrected chi connectivity index (χ2v) is 4.94. The van der Waals surface area contributed by atoms with Crippen molar-refractivity contribution in [2.75, 3.05) is 6.54 Å². The molecule has 1 atom stereocenters. The fourth-order valence-electron chi connectivity index (χ4n) is 1.46. The van der Waals surface area contributed by atoms with Crippen molar-refractivity contribution >= 4 is 21.8 Å². The Bertz CT molecular complexity index is 393. The van der Waals surface area contributed by atoms with E-state index >= 15 is 0 Å². The van der Waals surface area contributed by atoms with Crippen LogP contribution in [0.25, 0.3) is 0 Å². The molecule has 0 aliphatic rings. The first-order valence-corrected chi connectivity index (χ1v) is 6.56. The number of aryl methyl sites for hydroxylation is 1. The van der Waals surface area contributed by atoms with E-state index in [9.17, 15) is 9.90 Å². The first kappa shape index (κ1) is 14.2. The molecule has 0 spiro atoms. The highest BCUT2D eigenvalue weighted by Gasteiger charge is 2.09. The van der Waals surface area contributed by atoms with Gasteiger partial charge >= 0.3 is 0 Å². The third-order valence-corrected chi connectivity index (χ3v) is 3.26. The Morgan fingerprint density at radius 3 is 2.82 bits per heavy atom. The van der Waals surface area contributed by atoms with Crippen molar-refractivity contribution in [3.63, 3.8) is 0 Å². The van der Waals surface area contributed by atoms with Crippen molar-refractivity contribution in [1.82, 2.24) is 5.32 Å². The second-order valence-electron chi connectivity index (χ2n) is 4.09. The molecule has 0 heterocycles. The topological polar surface area (TPSA) is 49.3 Å². The van der Waals surface area contributed by atoms with Gasteiger partial charge in [0, 0.05) is 11.0 Å². The predicted molar refractivity (Wildman–Crippen MR) is 72.1 cm³/mol. The molecule has 1 unspecified atom stereocenters. The Hall–Kier alpha value is -0.870. The Labute approximate surface area is 110 Å². The van der Waals surface area contributed by atoms with Gasteiger partial charge in [0.2, 0.25) is 0 Å². The minimum absolute atomic E-state index is 0.111. The Balaban J connectivity index is 2.52. The van der Waals surface area contributed by atoms with Crippen LogP contribution in [0.3, 0.4) is 0 Å². The van der Waals surface area contributed by atoms with Gasteiger partial charge in [0.05, 0.1) is 11.7 Å². The van der Waals surface area contributed by atoms with Crippen LogP contribution >= 0.6 is 15.9 Å². The monoisotopic (exact) mass is 299 g/mol. The molecule has 94 valence electrons. The summed E-state index contributed by atoms with van der Waals surface area (Å²) in [5.74, 6) is -0.111. The van der Waals surface area contributed by atoms with Gasteiger partial charge in [0.15, 0.2) is 0 Å². The quantitative estimate of drug-likeness (QED) is 0.878. The molecule has 1 rings (SSSR count). The van der Waals surface area contributed by atoms with Gasteiger partial charge in [0.1, 0.15) is 0 Å². The van der Waals surface area contributed by atoms with Crippen LogP contribution in [0.2, 0.25) is 0 Å². The number of nitrogens with one attached hydrogen (secondary N) is 1. The molecule has 4 heteroatoms. The van der Waals surface area contributed by atoms with Crippen LogP contribution in [0.4, 0.5) is 0 Å². The molecule has 3 nitrogen and oxygen atoms in total. The summed E-state index contributed by atoms with van der Waals surface area (Å²) in [6.07, 6.45) is 0.965. The van der Waals surface area contributed by atoms with Crippen LogP contribution in [-0.2, 0) is 0 Å². The zero-order valence-electron chi connectivity index (χ0n) is 10.2. The third kappa shape index (κ3) is 4.48. The number of rotatable bonds is 5. The van der Waals surface area contributed by atoms with Crippen molar-refractivity contribution in [3.8, 4) is 0 Å². The summed E-state index contributed by atoms with van der Waals surface area (Å²) in [5, 5.41) is 12.2. The van der Waals surface area contributed by atoms with Crippen molar-refractivity contribution in [1.29, 1.82) is 0 Å². The highest BCUT2D eigenvalue weighted by molar-refractivity contribution is 9.10. The second kappa shape index (κ2) is 6.77. The number of hydrogen-bond donors (Lipinski definition) is 2. The van der Waals surface area contributed by atoms with Gasteiger partial charge in [-0.25, -0.2) is 0 Å². The fraction of sp³-hybridized carbons (Fsp3) is 0.462. The van der Waals surface area contributed by atoms with E-state index in [1.807, 2.05) is 26.0 Å². The summed E-state index contributed by atoms with van der Waals surface area (Å²) in [4.78, 5) is 11.8. The largest absolute Gasteiger partial charge is 0.393 e. The van der Waals surface area contributed by atoms with E-state index in [-0.39, 0.29) is 12.0 Å². The number of aliphatic hydroxyl groups is 1. The molecule has 0 aliphatic carbocycles. The van der Waals surface area contributed by atoms with Crippen LogP contribution in [0, 0.1) is 6.92 Å². The van der Waals surface area contributed by atoms with E-state index in [0.29, 0.717) is 24.9 Å². The van der Waals surface area contributed by atoms with Gasteiger partial charge in [-0.15, -0.1) is 0 Å². The molecule has 17 heavy (non-hydrogen) atoms. The summed E-state index contributed by atoms with van der Waals surface area (Å²) in [6.45, 7) is 4.39. The highest BCUT2D eigenvalue weighted by atomic mass is 79.9. The molecule has 0 radical (unpaired) electrons. The number of halogens is 1. The van der Waals surface area contributed by atoms with E-state index < -0.39 is 0 Å². The standard InChI is InChI=1S/C13H18BrNO2/c1-3-10(16)6-7-15-13(17)11-5-4-9(2)8-12(11)14/h4-5,8,10,16H,3,6-7H2,1-2H3,(H,15,17). The van der Waals surface area contributed by atoms with Crippen molar-refractivity contribution in [2.45, 2.75) is 32.8 Å². The smallest absolute Gasteiger partial charge is 0.252 e. The third-order valence-electron chi connectivity index (χ3n) is 2.60. The van der Waals surface area contributed by atoms with Crippen molar-refractivity contribution in [3.05, 3.63) is 33.8 Å². The number of amides is 1. The van der Waals surface area contributed by atoms with Gasteiger partial charge < -0.3 is 10.4 Å². The Morgan fingerprint density at radius 1 is 1.53 bits per heavy atom. The minimum Gasteiger partial charge on any atom is -0.393 e. The number of aliphatic hydroxyl groups excluding tert-OH is 1. The van der Waals surface area contributed by atoms with E-state index in [0.717, 1.165) is 10.0 Å². The average molecular weight is 300 g/mol. The van der Waals surface area contributed by atoms with Crippen LogP contribution in [0.15, 0.2) is 22.7 Å². The molecule has 1 amide bonds. The molecule has 1 aromatic rings. The van der Waals surface area contributed by atoms with Crippen LogP contribution in [-0.4, -0.2) is 23.7 Å². The van der Waals surface area contributed by atoms with Crippen LogP contribution in [0.5, 0.6) is 0 Å². The van der Waals surface area contributed by atoms with Crippen LogP contribution < -0.4 is 5.32 Å². The molecule has 0 bridgehead atoms. The summed E-state index contributed by atoms with van der Waals surface area (Å²) >= 11 is 3.37. The average Bonchev–Trinajstić information content (AvgIpc) is 2.28. The Kier molecular flexibility index (Phi) is 5.65. The maximum absolute atomic E-state index is 11.8. The van der Waals surface area contributed by atoms with E-state index in [4.69, 9.17) is 0 Å². The maximum atomic E-state index is 11.8. The summed E-state index contributed by atoms with van der Waals surface area (Å²) in [6, 6.07) is 5.61. The summed E-state index contributed by atoms with van der Waals surface area (Å²) < 4.78 is 0.797. The lowest BCUT2D eigenvalue weighted by molar-refractivity contribution is 0.0941. The SMILES string of the molecule is CCC(O)CCNC(=O)c1ccc(C)cc1Br. The lowest BCUT2D eigenvalue weighted by Gasteiger charge is -2.10. The normalized spacial score (nSPS) is 12.2. The predicted octanol–water partition coefficient (Wildman–Crippen LogP) is 2.65. The highest BCUT2D eigenvalue weighted by Crippen LogP contribution is 2.18. The summed E-state index contributed by atoms with van der Waals surface area (Å²) in [5.41, 5.74) is 1.73. The molecule has 0 aliphatic heterocycles. The fourth-order valence-corrected chi connectivity index (χ4v) is 2.13. The van der Waals surface area contributed by atoms with Crippen LogP contribution in [0.1, 0.15) is 35.7 Å². The van der Waals surface area contributed by atoms with Crippen molar-refractivity contribution in [2.24, 2.45) is 0 Å². The lowest BCUT2D eigenvalue weighted by atomic mass is 10.1. The van der Waals surface area contributed by atoms with E-state index in [2.05, 4.69) is 21.2 Å². The first-order valence-electron chi connectivity index (χ1n) is 5.77. The molecule has 0 fully saturated rings. The van der Waals surface area contributed by atoms with Gasteiger partial charge in [-0.3, -0.25) is 4.79 Å². The lowest BCUT2D eigenvalue weighted by Crippen LogP contribution is -2.27. The molecule has 0 saturated carbocycles. The number of carbonyl (C=O) groups excluding carboxylic acids is 1. The minimum atomic E-state index is -0.336. The molecule has 2 N–H and O–H groups in total. The molecular formula is C13H18BrNO2. The van der Waals surface area contributed by atoms with Gasteiger partial charge in [-0.1, -0.05) is 13.0 Å². The van der Waals surface area contributed by atoms with Crippen molar-refractivity contribution < 1.29 is 9.90 Å². The molecular weight excluding hydrogens is 282 g/mol. The van der Waals surface area contributed by atoms with Gasteiger partial charge in [0.25, 0.3) is 5.91 Å². The van der Waals surface area contributed by atoms with E-state index in [1.165, 1.54) is 0 Å². The zero-order chi connectivity index (χ0) is 12.8. The number of hydrogen-bond acceptors (Lipinski definition) is 2. The first-order chi connectivity index (χ1) is 8.04. The number of benzene rings is 1. The van der Waals surface area contributed by atoms with Gasteiger partial charge in [-0.05, 0) is 53.4 Å². The molecule has 1 aromatic carbocycles. The van der Waals surface area contributed by atoms with Gasteiger partial charge in [-0.2, -0.15) is 0 Å². The Morgan fingerprint density at radius 2 is 2.24 bits per heavy atom. The number of carbonyl (C=O) groups is 1. The van der Waals surface area contributed by atoms with E-state index in [1.54, 1.807) is 6.07 Å². The maximum Gasteiger partial charge on any atom is 0.252 e. The zero-order valence-corrected chi connectivity index (χ0v) is 11.8. The summed E-state index contributed by atoms with van der Waals surface area (Å²) in [7, 11) is 0.